The van der Waals surface area contributed by atoms with E-state index in [4.69, 9.17) is 9.97 Å². The van der Waals surface area contributed by atoms with Crippen molar-refractivity contribution in [2.45, 2.75) is 13.1 Å². The van der Waals surface area contributed by atoms with Crippen LogP contribution in [0, 0.1) is 0 Å². The van der Waals surface area contributed by atoms with Crippen LogP contribution < -0.4 is 4.90 Å². The van der Waals surface area contributed by atoms with Crippen LogP contribution in [-0.4, -0.2) is 17.0 Å². The van der Waals surface area contributed by atoms with Gasteiger partial charge in [-0.3, -0.25) is 0 Å². The Balaban J connectivity index is 1.44. The molecule has 1 aromatic carbocycles. The Kier molecular flexibility index (Phi) is 4.22. The van der Waals surface area contributed by atoms with Gasteiger partial charge in [0.25, 0.3) is 0 Å². The molecule has 0 aliphatic heterocycles. The van der Waals surface area contributed by atoms with Crippen LogP contribution in [0.15, 0.2) is 46.5 Å². The molecule has 0 saturated carbocycles. The Morgan fingerprint density at radius 2 is 1.96 bits per heavy atom. The second-order valence-corrected chi connectivity index (χ2v) is 8.30. The van der Waals surface area contributed by atoms with E-state index in [0.717, 1.165) is 29.3 Å². The third-order valence-corrected chi connectivity index (χ3v) is 6.25. The highest BCUT2D eigenvalue weighted by Gasteiger charge is 2.12. The van der Waals surface area contributed by atoms with Crippen molar-refractivity contribution in [1.29, 1.82) is 0 Å². The molecule has 1 unspecified atom stereocenters. The van der Waals surface area contributed by atoms with Crippen LogP contribution in [-0.2, 0) is 13.1 Å². The number of para-hydroxylation sites is 1. The lowest BCUT2D eigenvalue weighted by atomic mass is 10.3. The van der Waals surface area contributed by atoms with E-state index in [1.807, 2.05) is 6.07 Å². The van der Waals surface area contributed by atoms with E-state index in [0.29, 0.717) is 0 Å². The maximum absolute atomic E-state index is 4.76. The highest BCUT2D eigenvalue weighted by molar-refractivity contribution is 7.18. The number of hydrogen-bond donors (Lipinski definition) is 1. The fraction of sp³-hybridized carbons (Fsp3) is 0.176. The quantitative estimate of drug-likeness (QED) is 0.590. The van der Waals surface area contributed by atoms with Crippen molar-refractivity contribution < 1.29 is 4.90 Å². The Morgan fingerprint density at radius 1 is 1.04 bits per heavy atom. The monoisotopic (exact) mass is 358 g/mol. The van der Waals surface area contributed by atoms with Crippen molar-refractivity contribution in [3.63, 3.8) is 0 Å². The average Bonchev–Trinajstić information content (AvgIpc) is 3.26. The molecule has 0 radical (unpaired) electrons. The average molecular weight is 359 g/mol. The van der Waals surface area contributed by atoms with Crippen molar-refractivity contribution in [1.82, 2.24) is 9.97 Å². The number of nitrogens with one attached hydrogen (secondary N) is 1. The zero-order chi connectivity index (χ0) is 15.6. The number of rotatable bonds is 5. The predicted molar refractivity (Wildman–Crippen MR) is 99.3 cm³/mol. The molecule has 0 spiro atoms. The summed E-state index contributed by atoms with van der Waals surface area (Å²) in [5.41, 5.74) is 3.50. The summed E-state index contributed by atoms with van der Waals surface area (Å²) >= 11 is 5.24. The molecule has 23 heavy (non-hydrogen) atoms. The molecular formula is C17H16N3S3+. The molecule has 4 rings (SSSR count). The summed E-state index contributed by atoms with van der Waals surface area (Å²) in [5, 5.41) is 8.74. The summed E-state index contributed by atoms with van der Waals surface area (Å²) in [5.74, 6) is 0. The van der Waals surface area contributed by atoms with Crippen molar-refractivity contribution in [2.75, 3.05) is 7.05 Å². The Labute approximate surface area is 146 Å². The molecular weight excluding hydrogens is 342 g/mol. The minimum absolute atomic E-state index is 0.927. The molecule has 116 valence electrons. The number of aromatic nitrogens is 2. The minimum atomic E-state index is 0.927. The van der Waals surface area contributed by atoms with Crippen LogP contribution in [0.3, 0.4) is 0 Å². The second-order valence-electron chi connectivity index (χ2n) is 5.54. The molecule has 0 saturated heterocycles. The van der Waals surface area contributed by atoms with Gasteiger partial charge in [-0.05, 0) is 23.6 Å². The van der Waals surface area contributed by atoms with Gasteiger partial charge in [0.2, 0.25) is 0 Å². The maximum Gasteiger partial charge on any atom is 0.148 e. The minimum Gasteiger partial charge on any atom is -0.327 e. The molecule has 0 aliphatic carbocycles. The van der Waals surface area contributed by atoms with E-state index in [9.17, 15) is 0 Å². The van der Waals surface area contributed by atoms with E-state index >= 15 is 0 Å². The highest BCUT2D eigenvalue weighted by Crippen LogP contribution is 2.25. The van der Waals surface area contributed by atoms with Gasteiger partial charge in [0.05, 0.1) is 17.3 Å². The Morgan fingerprint density at radius 3 is 2.78 bits per heavy atom. The lowest BCUT2D eigenvalue weighted by Gasteiger charge is -2.10. The number of fused-ring (bicyclic) bond motifs is 1. The van der Waals surface area contributed by atoms with E-state index in [-0.39, 0.29) is 0 Å². The standard InChI is InChI=1S/C17H15N3S3/c1-20(9-16-19-14-4-2-3-5-15(14)23-16)8-13-11-22-17(18-13)12-6-7-21-10-12/h2-7,10-11H,8-9H2,1H3/p+1. The largest absolute Gasteiger partial charge is 0.327 e. The van der Waals surface area contributed by atoms with Gasteiger partial charge in [-0.25, -0.2) is 9.97 Å². The fourth-order valence-corrected chi connectivity index (χ4v) is 5.15. The molecule has 3 aromatic heterocycles. The summed E-state index contributed by atoms with van der Waals surface area (Å²) in [6.07, 6.45) is 0. The number of quaternary nitrogens is 1. The normalized spacial score (nSPS) is 12.7. The van der Waals surface area contributed by atoms with Gasteiger partial charge in [0.15, 0.2) is 0 Å². The number of nitrogens with zero attached hydrogens (tertiary/aromatic N) is 2. The molecule has 3 heterocycles. The molecule has 3 nitrogen and oxygen atoms in total. The smallest absolute Gasteiger partial charge is 0.148 e. The first-order valence-corrected chi connectivity index (χ1v) is 10.0. The van der Waals surface area contributed by atoms with E-state index in [1.165, 1.54) is 20.2 Å². The number of hydrogen-bond acceptors (Lipinski definition) is 5. The highest BCUT2D eigenvalue weighted by atomic mass is 32.1. The van der Waals surface area contributed by atoms with E-state index in [1.54, 1.807) is 34.0 Å². The van der Waals surface area contributed by atoms with Crippen molar-refractivity contribution >= 4 is 44.2 Å². The fourth-order valence-electron chi connectivity index (χ4n) is 2.53. The van der Waals surface area contributed by atoms with Crippen molar-refractivity contribution in [3.05, 3.63) is 57.2 Å². The van der Waals surface area contributed by atoms with Gasteiger partial charge in [-0.2, -0.15) is 11.3 Å². The molecule has 0 amide bonds. The van der Waals surface area contributed by atoms with Gasteiger partial charge in [0.1, 0.15) is 28.8 Å². The van der Waals surface area contributed by atoms with E-state index in [2.05, 4.69) is 47.5 Å². The van der Waals surface area contributed by atoms with Crippen LogP contribution >= 0.6 is 34.0 Å². The van der Waals surface area contributed by atoms with Crippen molar-refractivity contribution in [3.8, 4) is 10.6 Å². The van der Waals surface area contributed by atoms with Gasteiger partial charge in [0, 0.05) is 16.3 Å². The van der Waals surface area contributed by atoms with Gasteiger partial charge < -0.3 is 4.90 Å². The van der Waals surface area contributed by atoms with Gasteiger partial charge in [-0.1, -0.05) is 12.1 Å². The van der Waals surface area contributed by atoms with Crippen LogP contribution in [0.1, 0.15) is 10.7 Å². The Hall–Kier alpha value is -1.60. The summed E-state index contributed by atoms with van der Waals surface area (Å²) < 4.78 is 1.27. The van der Waals surface area contributed by atoms with Crippen LogP contribution in [0.5, 0.6) is 0 Å². The molecule has 0 bridgehead atoms. The first-order chi connectivity index (χ1) is 11.3. The topological polar surface area (TPSA) is 30.2 Å². The summed E-state index contributed by atoms with van der Waals surface area (Å²) in [7, 11) is 2.20. The molecule has 0 aliphatic rings. The van der Waals surface area contributed by atoms with Crippen LogP contribution in [0.2, 0.25) is 0 Å². The first-order valence-electron chi connectivity index (χ1n) is 7.40. The lowest BCUT2D eigenvalue weighted by molar-refractivity contribution is -0.907. The van der Waals surface area contributed by atoms with Crippen molar-refractivity contribution in [2.24, 2.45) is 0 Å². The van der Waals surface area contributed by atoms with E-state index < -0.39 is 0 Å². The first kappa shape index (κ1) is 15.0. The maximum atomic E-state index is 4.76. The zero-order valence-corrected chi connectivity index (χ0v) is 15.1. The summed E-state index contributed by atoms with van der Waals surface area (Å²) in [6, 6.07) is 10.5. The third-order valence-electron chi connectivity index (χ3n) is 3.59. The number of thiophene rings is 1. The SMILES string of the molecule is C[NH+](Cc1csc(-c2ccsc2)n1)Cc1nc2ccccc2s1. The summed E-state index contributed by atoms with van der Waals surface area (Å²) in [6.45, 7) is 1.86. The molecule has 1 N–H and O–H groups in total. The molecule has 0 fully saturated rings. The number of benzene rings is 1. The molecule has 4 aromatic rings. The second kappa shape index (κ2) is 6.49. The van der Waals surface area contributed by atoms with Gasteiger partial charge in [-0.15, -0.1) is 22.7 Å². The molecule has 6 heteroatoms. The van der Waals surface area contributed by atoms with Crippen LogP contribution in [0.4, 0.5) is 0 Å². The van der Waals surface area contributed by atoms with Crippen LogP contribution in [0.25, 0.3) is 20.8 Å². The third kappa shape index (κ3) is 3.35. The zero-order valence-electron chi connectivity index (χ0n) is 12.7. The lowest BCUT2D eigenvalue weighted by Crippen LogP contribution is -3.06. The Bertz CT molecular complexity index is 875. The van der Waals surface area contributed by atoms with Gasteiger partial charge >= 0.3 is 0 Å². The number of thiazole rings is 2. The predicted octanol–water partition coefficient (Wildman–Crippen LogP) is 3.70. The summed E-state index contributed by atoms with van der Waals surface area (Å²) in [4.78, 5) is 10.9. The molecule has 1 atom stereocenters.